The highest BCUT2D eigenvalue weighted by molar-refractivity contribution is 5.89. The highest BCUT2D eigenvalue weighted by Gasteiger charge is 2.38. The molecule has 0 spiro atoms. The van der Waals surface area contributed by atoms with Gasteiger partial charge in [-0.1, -0.05) is 62.9 Å². The molecule has 0 saturated carbocycles. The molecule has 0 unspecified atom stereocenters. The van der Waals surface area contributed by atoms with E-state index in [1.165, 1.54) is 12.5 Å². The van der Waals surface area contributed by atoms with Crippen LogP contribution >= 0.6 is 0 Å². The molecule has 0 aromatic heterocycles. The highest BCUT2D eigenvalue weighted by Crippen LogP contribution is 2.38. The minimum Gasteiger partial charge on any atom is -0.206 e. The largest absolute Gasteiger partial charge is 0.422 e. The van der Waals surface area contributed by atoms with Crippen LogP contribution in [0.4, 0.5) is 35.1 Å². The van der Waals surface area contributed by atoms with Crippen molar-refractivity contribution in [2.24, 2.45) is 0 Å². The third-order valence-corrected chi connectivity index (χ3v) is 6.55. The molecule has 0 heterocycles. The second kappa shape index (κ2) is 11.1. The molecule has 0 N–H and O–H groups in total. The summed E-state index contributed by atoms with van der Waals surface area (Å²) < 4.78 is 112. The zero-order valence-corrected chi connectivity index (χ0v) is 20.5. The minimum absolute atomic E-state index is 0.0982. The van der Waals surface area contributed by atoms with E-state index in [4.69, 9.17) is 0 Å². The third-order valence-electron chi connectivity index (χ3n) is 6.55. The molecule has 0 bridgehead atoms. The fourth-order valence-electron chi connectivity index (χ4n) is 4.65. The Hall–Kier alpha value is -3.42. The first-order valence-electron chi connectivity index (χ1n) is 12.3. The number of fused-ring (bicyclic) bond motifs is 1. The van der Waals surface area contributed by atoms with Crippen LogP contribution in [0.5, 0.6) is 0 Å². The van der Waals surface area contributed by atoms with Crippen LogP contribution in [0.3, 0.4) is 0 Å². The first kappa shape index (κ1) is 27.6. The predicted octanol–water partition coefficient (Wildman–Crippen LogP) is 10.4. The first-order chi connectivity index (χ1) is 18.0. The number of aryl methyl sites for hydroxylation is 1. The number of benzene rings is 4. The van der Waals surface area contributed by atoms with Gasteiger partial charge in [-0.3, -0.25) is 0 Å². The molecular weight excluding hydrogens is 512 g/mol. The molecule has 200 valence electrons. The zero-order valence-electron chi connectivity index (χ0n) is 20.5. The van der Waals surface area contributed by atoms with Crippen molar-refractivity contribution in [1.82, 2.24) is 0 Å². The van der Waals surface area contributed by atoms with E-state index >= 15 is 4.39 Å². The molecule has 0 atom stereocenters. The Kier molecular flexibility index (Phi) is 8.09. The van der Waals surface area contributed by atoms with Gasteiger partial charge in [0.25, 0.3) is 0 Å². The van der Waals surface area contributed by atoms with Crippen LogP contribution in [-0.2, 0) is 12.6 Å². The molecule has 0 amide bonds. The van der Waals surface area contributed by atoms with E-state index in [0.717, 1.165) is 49.8 Å². The van der Waals surface area contributed by atoms with E-state index in [2.05, 4.69) is 6.92 Å². The Morgan fingerprint density at radius 3 is 1.84 bits per heavy atom. The highest BCUT2D eigenvalue weighted by atomic mass is 19.4. The molecule has 4 aromatic carbocycles. The lowest BCUT2D eigenvalue weighted by Crippen LogP contribution is -2.11. The maximum atomic E-state index is 15.4. The summed E-state index contributed by atoms with van der Waals surface area (Å²) >= 11 is 0. The SMILES string of the molecule is CCCCCCCc1ccc2c(F)c(-c3cc(F)c(-c4cc(F)c(C(F)(F)F)c(F)c4)c(F)c3)ccc2c1. The maximum absolute atomic E-state index is 15.4. The number of unbranched alkanes of at least 4 members (excludes halogenated alkanes) is 4. The lowest BCUT2D eigenvalue weighted by molar-refractivity contribution is -0.142. The van der Waals surface area contributed by atoms with Gasteiger partial charge in [-0.2, -0.15) is 13.2 Å². The maximum Gasteiger partial charge on any atom is 0.422 e. The third kappa shape index (κ3) is 5.69. The van der Waals surface area contributed by atoms with Gasteiger partial charge in [0.15, 0.2) is 0 Å². The predicted molar refractivity (Wildman–Crippen MR) is 132 cm³/mol. The number of halogens is 8. The van der Waals surface area contributed by atoms with Gasteiger partial charge in [0.2, 0.25) is 0 Å². The van der Waals surface area contributed by atoms with Crippen LogP contribution in [0.1, 0.15) is 50.2 Å². The summed E-state index contributed by atoms with van der Waals surface area (Å²) in [4.78, 5) is 0. The summed E-state index contributed by atoms with van der Waals surface area (Å²) in [6.45, 7) is 2.14. The normalized spacial score (nSPS) is 11.9. The van der Waals surface area contributed by atoms with Gasteiger partial charge < -0.3 is 0 Å². The number of hydrogen-bond acceptors (Lipinski definition) is 0. The van der Waals surface area contributed by atoms with Gasteiger partial charge in [-0.25, -0.2) is 22.0 Å². The van der Waals surface area contributed by atoms with Gasteiger partial charge in [0.05, 0.1) is 5.56 Å². The number of alkyl halides is 3. The minimum atomic E-state index is -5.32. The Labute approximate surface area is 214 Å². The monoisotopic (exact) mass is 536 g/mol. The fourth-order valence-corrected chi connectivity index (χ4v) is 4.65. The van der Waals surface area contributed by atoms with E-state index in [0.29, 0.717) is 5.39 Å². The first-order valence-corrected chi connectivity index (χ1v) is 12.3. The van der Waals surface area contributed by atoms with Crippen molar-refractivity contribution in [2.45, 2.75) is 51.6 Å². The lowest BCUT2D eigenvalue weighted by atomic mass is 9.95. The quantitative estimate of drug-likeness (QED) is 0.155. The van der Waals surface area contributed by atoms with Gasteiger partial charge in [0, 0.05) is 10.9 Å². The van der Waals surface area contributed by atoms with Crippen molar-refractivity contribution in [3.8, 4) is 22.3 Å². The van der Waals surface area contributed by atoms with Crippen LogP contribution in [0, 0.1) is 29.1 Å². The van der Waals surface area contributed by atoms with Crippen molar-refractivity contribution in [3.63, 3.8) is 0 Å². The topological polar surface area (TPSA) is 0 Å². The molecule has 0 aliphatic carbocycles. The molecule has 4 rings (SSSR count). The van der Waals surface area contributed by atoms with Crippen LogP contribution < -0.4 is 0 Å². The number of rotatable bonds is 8. The second-order valence-corrected chi connectivity index (χ2v) is 9.27. The van der Waals surface area contributed by atoms with E-state index in [1.54, 1.807) is 12.1 Å². The van der Waals surface area contributed by atoms with Crippen LogP contribution in [-0.4, -0.2) is 0 Å². The summed E-state index contributed by atoms with van der Waals surface area (Å²) in [7, 11) is 0. The zero-order chi connectivity index (χ0) is 27.6. The Balaban J connectivity index is 1.66. The van der Waals surface area contributed by atoms with Crippen LogP contribution in [0.15, 0.2) is 54.6 Å². The Bertz CT molecular complexity index is 1420. The molecular formula is C30H24F8. The Morgan fingerprint density at radius 1 is 0.632 bits per heavy atom. The molecule has 0 aliphatic heterocycles. The summed E-state index contributed by atoms with van der Waals surface area (Å²) in [6.07, 6.45) is 1.16. The summed E-state index contributed by atoms with van der Waals surface area (Å²) in [5, 5.41) is 0.889. The van der Waals surface area contributed by atoms with E-state index in [9.17, 15) is 30.7 Å². The molecule has 0 fully saturated rings. The molecule has 0 aliphatic rings. The van der Waals surface area contributed by atoms with E-state index < -0.39 is 52.0 Å². The molecule has 38 heavy (non-hydrogen) atoms. The summed E-state index contributed by atoms with van der Waals surface area (Å²) in [5.41, 5.74) is -3.05. The van der Waals surface area contributed by atoms with Crippen molar-refractivity contribution in [1.29, 1.82) is 0 Å². The van der Waals surface area contributed by atoms with Crippen molar-refractivity contribution >= 4 is 10.8 Å². The smallest absolute Gasteiger partial charge is 0.206 e. The van der Waals surface area contributed by atoms with Crippen molar-refractivity contribution in [3.05, 3.63) is 94.8 Å². The van der Waals surface area contributed by atoms with Crippen LogP contribution in [0.2, 0.25) is 0 Å². The van der Waals surface area contributed by atoms with Gasteiger partial charge in [0.1, 0.15) is 34.6 Å². The summed E-state index contributed by atoms with van der Waals surface area (Å²) in [5.74, 6) is -7.32. The number of hydrogen-bond donors (Lipinski definition) is 0. The van der Waals surface area contributed by atoms with E-state index in [-0.39, 0.29) is 28.6 Å². The molecule has 0 radical (unpaired) electrons. The van der Waals surface area contributed by atoms with Gasteiger partial charge in [-0.05, 0) is 59.2 Å². The second-order valence-electron chi connectivity index (χ2n) is 9.27. The van der Waals surface area contributed by atoms with Crippen molar-refractivity contribution in [2.75, 3.05) is 0 Å². The Morgan fingerprint density at radius 2 is 1.24 bits per heavy atom. The average Bonchev–Trinajstić information content (AvgIpc) is 2.82. The van der Waals surface area contributed by atoms with E-state index in [1.807, 2.05) is 12.1 Å². The lowest BCUT2D eigenvalue weighted by Gasteiger charge is -2.14. The fraction of sp³-hybridized carbons (Fsp3) is 0.267. The molecule has 0 nitrogen and oxygen atoms in total. The van der Waals surface area contributed by atoms with Gasteiger partial charge >= 0.3 is 6.18 Å². The average molecular weight is 537 g/mol. The summed E-state index contributed by atoms with van der Waals surface area (Å²) in [6, 6.07) is 10.3. The van der Waals surface area contributed by atoms with Gasteiger partial charge in [-0.15, -0.1) is 0 Å². The molecule has 0 saturated heterocycles. The molecule has 8 heteroatoms. The standard InChI is InChI=1S/C30H24F8/c1-2-3-4-5-6-7-17-8-10-21-18(12-17)9-11-22(29(21)35)19-13-23(31)27(24(32)14-19)20-15-25(33)28(26(34)16-20)30(36,37)38/h8-16H,2-7H2,1H3. The molecule has 4 aromatic rings. The van der Waals surface area contributed by atoms with Crippen molar-refractivity contribution < 1.29 is 35.1 Å². The van der Waals surface area contributed by atoms with Crippen LogP contribution in [0.25, 0.3) is 33.0 Å².